The summed E-state index contributed by atoms with van der Waals surface area (Å²) < 4.78 is 286. The van der Waals surface area contributed by atoms with Gasteiger partial charge in [-0.15, -0.1) is 0 Å². The predicted molar refractivity (Wildman–Crippen MR) is 288 cm³/mol. The molecule has 4 aromatic carbocycles. The van der Waals surface area contributed by atoms with Gasteiger partial charge in [-0.3, -0.25) is 0 Å². The fraction of sp³-hybridized carbons (Fsp3) is 0.0484. The first-order valence-corrected chi connectivity index (χ1v) is 28.2. The van der Waals surface area contributed by atoms with Crippen LogP contribution in [0.3, 0.4) is 0 Å². The number of halogens is 17. The van der Waals surface area contributed by atoms with Gasteiger partial charge in [0.15, 0.2) is 130 Å². The topological polar surface area (TPSA) is 74.8 Å². The summed E-state index contributed by atoms with van der Waals surface area (Å²) in [5.41, 5.74) is -13.3. The number of benzene rings is 4. The third kappa shape index (κ3) is 10.3. The normalized spacial score (nSPS) is 12.5. The van der Waals surface area contributed by atoms with E-state index in [0.29, 0.717) is 0 Å². The first kappa shape index (κ1) is 60.1. The molecule has 89 heavy (non-hydrogen) atoms. The Morgan fingerprint density at radius 1 is 0.236 bits per heavy atom. The average Bonchev–Trinajstić information content (AvgIpc) is 1.75. The van der Waals surface area contributed by atoms with E-state index in [1.165, 1.54) is 82.7 Å². The number of hydrogen-bond acceptors (Lipinski definition) is 3. The molecule has 27 heteroatoms. The van der Waals surface area contributed by atoms with E-state index in [9.17, 15) is 4.39 Å². The molecular formula is C62H33F17N7S3+3. The summed E-state index contributed by atoms with van der Waals surface area (Å²) in [6, 6.07) is 15.0. The number of fused-ring (bicyclic) bond motifs is 8. The molecule has 0 unspecified atom stereocenters. The van der Waals surface area contributed by atoms with Gasteiger partial charge in [-0.2, -0.15) is 0 Å². The molecule has 1 aliphatic heterocycles. The van der Waals surface area contributed by atoms with Gasteiger partial charge in [0.05, 0.1) is 36.9 Å². The number of hydrogen-bond donors (Lipinski definition) is 4. The summed E-state index contributed by atoms with van der Waals surface area (Å²) in [5, 5.41) is -2.88. The Hall–Kier alpha value is -9.21. The molecule has 0 spiro atoms. The molecule has 0 aliphatic carbocycles. The van der Waals surface area contributed by atoms with Crippen molar-refractivity contribution in [2.75, 3.05) is 0 Å². The molecule has 8 bridgehead atoms. The molecule has 8 heterocycles. The van der Waals surface area contributed by atoms with Gasteiger partial charge in [0.25, 0.3) is 0 Å². The molecule has 12 rings (SSSR count). The minimum absolute atomic E-state index is 0.0878. The maximum Gasteiger partial charge on any atom is 0.200 e. The summed E-state index contributed by atoms with van der Waals surface area (Å²) in [6.07, 6.45) is 8.72. The van der Waals surface area contributed by atoms with Crippen LogP contribution in [-0.4, -0.2) is 19.9 Å². The second kappa shape index (κ2) is 23.1. The van der Waals surface area contributed by atoms with Crippen LogP contribution in [0, 0.1) is 98.9 Å². The summed E-state index contributed by atoms with van der Waals surface area (Å²) >= 11 is 0.794. The van der Waals surface area contributed by atoms with Crippen LogP contribution >= 0.6 is 35.3 Å². The number of aromatic nitrogens is 7. The monoisotopic (exact) mass is 1290 g/mol. The van der Waals surface area contributed by atoms with E-state index in [0.717, 1.165) is 48.5 Å². The highest BCUT2D eigenvalue weighted by Crippen LogP contribution is 2.43. The lowest BCUT2D eigenvalue weighted by molar-refractivity contribution is -0.671. The fourth-order valence-electron chi connectivity index (χ4n) is 10.0. The maximum absolute atomic E-state index is 17.2. The minimum atomic E-state index is -2.64. The van der Waals surface area contributed by atoms with Crippen molar-refractivity contribution in [2.45, 2.75) is 29.4 Å². The quantitative estimate of drug-likeness (QED) is 0.0477. The number of rotatable bonds is 10. The van der Waals surface area contributed by atoms with Crippen molar-refractivity contribution in [3.63, 3.8) is 0 Å². The standard InChI is InChI=1S/C62H33F17N7S3/c1-84-18-12-24(13-19-84)87-60-54(74)45(65)40(46(66)55(60)75)36-29-6-4-27(80-29)35(39-43(63)51(71)53(73)52(72)44(39)64)28-5-7-30(81-28)37(41-47(67)56(76)61(57(77)48(41)68)88-25-14-20-85(2)21-15-25)32-9-11-34(83-32)38(33-10-8-31(36)82-33)42-49(69)58(78)62(59(79)50(42)70)89-26-16-22-86(3)23-17-26/h4-23,80-83H,1-3H3/q+3. The Morgan fingerprint density at radius 3 is 0.640 bits per heavy atom. The Kier molecular flexibility index (Phi) is 15.6. The lowest BCUT2D eigenvalue weighted by Crippen LogP contribution is -2.25. The Balaban J connectivity index is 1.22. The van der Waals surface area contributed by atoms with E-state index in [4.69, 9.17) is 0 Å². The van der Waals surface area contributed by atoms with E-state index < -0.39 is 202 Å². The minimum Gasteiger partial charge on any atom is -0.354 e. The van der Waals surface area contributed by atoms with Crippen LogP contribution in [0.5, 0.6) is 0 Å². The summed E-state index contributed by atoms with van der Waals surface area (Å²) in [4.78, 5) is 6.91. The van der Waals surface area contributed by atoms with Gasteiger partial charge in [-0.1, -0.05) is 35.3 Å². The fourth-order valence-corrected chi connectivity index (χ4v) is 12.6. The summed E-state index contributed by atoms with van der Waals surface area (Å²) in [6.45, 7) is 0. The number of pyridine rings is 3. The first-order chi connectivity index (χ1) is 42.4. The van der Waals surface area contributed by atoms with Gasteiger partial charge in [0.2, 0.25) is 5.82 Å². The lowest BCUT2D eigenvalue weighted by atomic mass is 10.00. The third-order valence-electron chi connectivity index (χ3n) is 14.3. The molecule has 450 valence electrons. The van der Waals surface area contributed by atoms with Gasteiger partial charge in [-0.05, 0) is 48.5 Å². The van der Waals surface area contributed by atoms with Gasteiger partial charge >= 0.3 is 0 Å². The molecule has 1 aliphatic rings. The number of aromatic amines is 4. The van der Waals surface area contributed by atoms with E-state index in [1.54, 1.807) is 25.7 Å². The Labute approximate surface area is 501 Å². The van der Waals surface area contributed by atoms with Gasteiger partial charge in [0, 0.05) is 118 Å². The van der Waals surface area contributed by atoms with Crippen LogP contribution < -0.4 is 35.1 Å². The molecule has 11 aromatic rings. The highest BCUT2D eigenvalue weighted by atomic mass is 32.2. The number of nitrogens with one attached hydrogen (secondary N) is 4. The van der Waals surface area contributed by atoms with Crippen molar-refractivity contribution in [1.29, 1.82) is 0 Å². The second-order valence-electron chi connectivity index (χ2n) is 19.9. The second-order valence-corrected chi connectivity index (χ2v) is 23.1. The predicted octanol–water partition coefficient (Wildman–Crippen LogP) is 11.6. The highest BCUT2D eigenvalue weighted by molar-refractivity contribution is 7.99. The van der Waals surface area contributed by atoms with E-state index in [1.807, 2.05) is 0 Å². The van der Waals surface area contributed by atoms with Crippen LogP contribution in [0.25, 0.3) is 22.3 Å². The third-order valence-corrected chi connectivity index (χ3v) is 17.5. The van der Waals surface area contributed by atoms with Gasteiger partial charge in [0.1, 0.15) is 21.1 Å². The number of nitrogens with zero attached hydrogens (tertiary/aromatic N) is 3. The Morgan fingerprint density at radius 2 is 0.427 bits per heavy atom. The van der Waals surface area contributed by atoms with Crippen LogP contribution in [0.15, 0.2) is 151 Å². The smallest absolute Gasteiger partial charge is 0.200 e. The molecule has 4 N–H and O–H groups in total. The highest BCUT2D eigenvalue weighted by Gasteiger charge is 2.36. The van der Waals surface area contributed by atoms with Crippen LogP contribution in [-0.2, 0) is 21.1 Å². The number of aryl methyl sites for hydroxylation is 3. The molecule has 0 radical (unpaired) electrons. The maximum atomic E-state index is 17.2. The summed E-state index contributed by atoms with van der Waals surface area (Å²) in [7, 11) is 4.82. The Bertz CT molecular complexity index is 4940. The van der Waals surface area contributed by atoms with Crippen LogP contribution in [0.1, 0.15) is 45.0 Å². The van der Waals surface area contributed by atoms with Crippen molar-refractivity contribution in [3.05, 3.63) is 287 Å². The molecular weight excluding hydrogens is 1260 g/mol. The molecule has 0 saturated heterocycles. The van der Waals surface area contributed by atoms with Crippen molar-refractivity contribution in [3.8, 4) is 0 Å². The van der Waals surface area contributed by atoms with E-state index in [2.05, 4.69) is 19.9 Å². The van der Waals surface area contributed by atoms with Crippen molar-refractivity contribution in [2.24, 2.45) is 21.1 Å². The van der Waals surface area contributed by atoms with E-state index in [-0.39, 0.29) is 50.0 Å². The van der Waals surface area contributed by atoms with Crippen molar-refractivity contribution >= 4 is 57.6 Å². The van der Waals surface area contributed by atoms with Crippen molar-refractivity contribution < 1.29 is 88.3 Å². The molecule has 7 nitrogen and oxygen atoms in total. The molecule has 7 aromatic heterocycles. The molecule has 0 fully saturated rings. The number of H-pyrrole nitrogens is 4. The van der Waals surface area contributed by atoms with Crippen LogP contribution in [0.2, 0.25) is 0 Å². The van der Waals surface area contributed by atoms with Crippen molar-refractivity contribution in [1.82, 2.24) is 19.9 Å². The summed E-state index contributed by atoms with van der Waals surface area (Å²) in [5.74, 6) is -37.3. The zero-order chi connectivity index (χ0) is 63.3. The van der Waals surface area contributed by atoms with Gasteiger partial charge in [-0.25, -0.2) is 88.3 Å². The molecule has 0 amide bonds. The zero-order valence-corrected chi connectivity index (χ0v) is 47.5. The first-order valence-electron chi connectivity index (χ1n) is 25.7. The van der Waals surface area contributed by atoms with Gasteiger partial charge < -0.3 is 19.9 Å². The lowest BCUT2D eigenvalue weighted by Gasteiger charge is -2.15. The van der Waals surface area contributed by atoms with E-state index >= 15 is 70.2 Å². The SMILES string of the molecule is C[n+]1ccc(Sc2c(F)c(F)c(C3=c4ccc([nH]4)=C(c4c(F)c(F)c(F)c(F)c4F)c4ccc([nH]4)C(c4c(F)c(F)c(Sc5cc[n+](C)cc5)c(F)c4F)=c4ccc([nH]4)=C(c4c(F)c(F)c(Sc5cc[n+](C)cc5)c(F)c4F)c4ccc3[nH]4)c(F)c2F)cc1. The zero-order valence-electron chi connectivity index (χ0n) is 45.0. The molecule has 0 atom stereocenters. The average molecular weight is 1300 g/mol. The van der Waals surface area contributed by atoms with Crippen LogP contribution in [0.4, 0.5) is 74.6 Å². The largest absolute Gasteiger partial charge is 0.354 e. The molecule has 0 saturated carbocycles.